The van der Waals surface area contributed by atoms with Crippen LogP contribution in [0.1, 0.15) is 35.7 Å². The lowest BCUT2D eigenvalue weighted by Crippen LogP contribution is -2.32. The van der Waals surface area contributed by atoms with E-state index in [4.69, 9.17) is 9.47 Å². The SMILES string of the molecule is CCCCN(C)C[C@@H](O)Cn1cc(/C=C\C(=O)c2ccc(OC)c(OC)c2)c2ccccc21. The van der Waals surface area contributed by atoms with E-state index >= 15 is 0 Å². The van der Waals surface area contributed by atoms with Gasteiger partial charge in [0.25, 0.3) is 0 Å². The maximum atomic E-state index is 12.8. The Balaban J connectivity index is 1.79. The highest BCUT2D eigenvalue weighted by atomic mass is 16.5. The van der Waals surface area contributed by atoms with Crippen LogP contribution in [0.3, 0.4) is 0 Å². The molecule has 0 aliphatic carbocycles. The van der Waals surface area contributed by atoms with Crippen LogP contribution in [-0.2, 0) is 6.54 Å². The van der Waals surface area contributed by atoms with Gasteiger partial charge in [-0.2, -0.15) is 0 Å². The molecule has 0 radical (unpaired) electrons. The lowest BCUT2D eigenvalue weighted by Gasteiger charge is -2.21. The molecule has 0 bridgehead atoms. The van der Waals surface area contributed by atoms with Gasteiger partial charge in [0.1, 0.15) is 0 Å². The van der Waals surface area contributed by atoms with Gasteiger partial charge in [-0.15, -0.1) is 0 Å². The number of aliphatic hydroxyl groups excluding tert-OH is 1. The van der Waals surface area contributed by atoms with Gasteiger partial charge in [-0.25, -0.2) is 0 Å². The number of benzene rings is 2. The molecule has 0 aliphatic heterocycles. The minimum atomic E-state index is -0.479. The van der Waals surface area contributed by atoms with Crippen molar-refractivity contribution >= 4 is 22.8 Å². The number of allylic oxidation sites excluding steroid dienone is 1. The number of carbonyl (C=O) groups excluding carboxylic acids is 1. The number of nitrogens with zero attached hydrogens (tertiary/aromatic N) is 2. The first-order chi connectivity index (χ1) is 16.0. The van der Waals surface area contributed by atoms with Gasteiger partial charge < -0.3 is 24.0 Å². The van der Waals surface area contributed by atoms with Crippen LogP contribution in [0.5, 0.6) is 11.5 Å². The summed E-state index contributed by atoms with van der Waals surface area (Å²) in [7, 11) is 5.16. The van der Waals surface area contributed by atoms with Gasteiger partial charge in [0.2, 0.25) is 0 Å². The molecule has 0 saturated carbocycles. The molecule has 33 heavy (non-hydrogen) atoms. The van der Waals surface area contributed by atoms with Gasteiger partial charge in [0.05, 0.1) is 20.3 Å². The first-order valence-corrected chi connectivity index (χ1v) is 11.4. The molecule has 3 rings (SSSR count). The van der Waals surface area contributed by atoms with E-state index in [0.717, 1.165) is 35.9 Å². The summed E-state index contributed by atoms with van der Waals surface area (Å²) in [5.74, 6) is 0.983. The number of aliphatic hydroxyl groups is 1. The van der Waals surface area contributed by atoms with Gasteiger partial charge in [-0.05, 0) is 56.4 Å². The van der Waals surface area contributed by atoms with Crippen LogP contribution >= 0.6 is 0 Å². The third-order valence-electron chi connectivity index (χ3n) is 5.72. The molecule has 0 spiro atoms. The summed E-state index contributed by atoms with van der Waals surface area (Å²) >= 11 is 0. The Kier molecular flexibility index (Phi) is 8.69. The number of hydrogen-bond donors (Lipinski definition) is 1. The molecule has 176 valence electrons. The molecule has 2 aromatic carbocycles. The number of carbonyl (C=O) groups is 1. The van der Waals surface area contributed by atoms with Crippen molar-refractivity contribution in [1.29, 1.82) is 0 Å². The zero-order valence-electron chi connectivity index (χ0n) is 20.0. The van der Waals surface area contributed by atoms with Crippen LogP contribution in [-0.4, -0.2) is 60.8 Å². The quantitative estimate of drug-likeness (QED) is 0.322. The summed E-state index contributed by atoms with van der Waals surface area (Å²) in [6.07, 6.45) is 7.19. The van der Waals surface area contributed by atoms with Crippen LogP contribution in [0.25, 0.3) is 17.0 Å². The number of methoxy groups -OCH3 is 2. The summed E-state index contributed by atoms with van der Waals surface area (Å²) in [6, 6.07) is 13.2. The Bertz CT molecular complexity index is 1100. The Morgan fingerprint density at radius 3 is 2.64 bits per heavy atom. The molecule has 0 aliphatic rings. The molecule has 6 heteroatoms. The molecule has 1 aromatic heterocycles. The van der Waals surface area contributed by atoms with Crippen molar-refractivity contribution in [2.45, 2.75) is 32.4 Å². The number of unbranched alkanes of at least 4 members (excludes halogenated alkanes) is 1. The molecule has 1 heterocycles. The molecule has 0 amide bonds. The summed E-state index contributed by atoms with van der Waals surface area (Å²) in [5, 5.41) is 11.7. The second kappa shape index (κ2) is 11.7. The van der Waals surface area contributed by atoms with E-state index in [0.29, 0.717) is 30.2 Å². The van der Waals surface area contributed by atoms with Crippen molar-refractivity contribution in [3.8, 4) is 11.5 Å². The minimum absolute atomic E-state index is 0.120. The van der Waals surface area contributed by atoms with Gasteiger partial charge in [0.15, 0.2) is 17.3 Å². The van der Waals surface area contributed by atoms with Crippen molar-refractivity contribution in [1.82, 2.24) is 9.47 Å². The number of likely N-dealkylation sites (N-methyl/N-ethyl adjacent to an activating group) is 1. The van der Waals surface area contributed by atoms with Crippen LogP contribution in [0.2, 0.25) is 0 Å². The summed E-state index contributed by atoms with van der Waals surface area (Å²) in [6.45, 7) is 4.26. The van der Waals surface area contributed by atoms with E-state index in [1.165, 1.54) is 0 Å². The van der Waals surface area contributed by atoms with E-state index < -0.39 is 6.10 Å². The fourth-order valence-corrected chi connectivity index (χ4v) is 3.97. The molecule has 1 N–H and O–H groups in total. The maximum Gasteiger partial charge on any atom is 0.185 e. The molecular weight excluding hydrogens is 416 g/mol. The molecule has 0 saturated heterocycles. The molecular formula is C27H34N2O4. The summed E-state index contributed by atoms with van der Waals surface area (Å²) in [5.41, 5.74) is 2.50. The smallest absolute Gasteiger partial charge is 0.185 e. The van der Waals surface area contributed by atoms with E-state index in [9.17, 15) is 9.90 Å². The first-order valence-electron chi connectivity index (χ1n) is 11.4. The van der Waals surface area contributed by atoms with E-state index in [1.807, 2.05) is 43.6 Å². The van der Waals surface area contributed by atoms with Crippen molar-refractivity contribution in [3.05, 3.63) is 65.9 Å². The van der Waals surface area contributed by atoms with Gasteiger partial charge >= 0.3 is 0 Å². The standard InChI is InChI=1S/C27H34N2O4/c1-5-6-15-28(2)18-22(30)19-29-17-21(23-9-7-8-10-24(23)29)11-13-25(31)20-12-14-26(32-3)27(16-20)33-4/h7-14,16-17,22,30H,5-6,15,18-19H2,1-4H3/b13-11-/t22-/m1/s1. The zero-order valence-corrected chi connectivity index (χ0v) is 20.0. The molecule has 0 fully saturated rings. The number of aromatic nitrogens is 1. The topological polar surface area (TPSA) is 63.9 Å². The largest absolute Gasteiger partial charge is 0.493 e. The molecule has 1 atom stereocenters. The van der Waals surface area contributed by atoms with E-state index in [-0.39, 0.29) is 5.78 Å². The Labute approximate surface area is 196 Å². The first kappa shape index (κ1) is 24.6. The predicted molar refractivity (Wildman–Crippen MR) is 133 cm³/mol. The summed E-state index contributed by atoms with van der Waals surface area (Å²) in [4.78, 5) is 14.9. The van der Waals surface area contributed by atoms with Gasteiger partial charge in [0, 0.05) is 41.3 Å². The monoisotopic (exact) mass is 450 g/mol. The fourth-order valence-electron chi connectivity index (χ4n) is 3.97. The number of fused-ring (bicyclic) bond motifs is 1. The molecule has 0 unspecified atom stereocenters. The average molecular weight is 451 g/mol. The van der Waals surface area contributed by atoms with E-state index in [2.05, 4.69) is 16.4 Å². The van der Waals surface area contributed by atoms with Crippen molar-refractivity contribution in [3.63, 3.8) is 0 Å². The number of para-hydroxylation sites is 1. The zero-order chi connectivity index (χ0) is 23.8. The van der Waals surface area contributed by atoms with Crippen LogP contribution < -0.4 is 9.47 Å². The average Bonchev–Trinajstić information content (AvgIpc) is 3.17. The highest BCUT2D eigenvalue weighted by molar-refractivity contribution is 6.08. The maximum absolute atomic E-state index is 12.8. The second-order valence-corrected chi connectivity index (χ2v) is 8.29. The third-order valence-corrected chi connectivity index (χ3v) is 5.72. The third kappa shape index (κ3) is 6.24. The predicted octanol–water partition coefficient (Wildman–Crippen LogP) is 4.65. The number of ketones is 1. The van der Waals surface area contributed by atoms with Crippen molar-refractivity contribution in [2.24, 2.45) is 0 Å². The minimum Gasteiger partial charge on any atom is -0.493 e. The Morgan fingerprint density at radius 2 is 1.91 bits per heavy atom. The van der Waals surface area contributed by atoms with Gasteiger partial charge in [-0.1, -0.05) is 31.5 Å². The lowest BCUT2D eigenvalue weighted by atomic mass is 10.1. The van der Waals surface area contributed by atoms with Crippen molar-refractivity contribution < 1.29 is 19.4 Å². The van der Waals surface area contributed by atoms with Crippen LogP contribution in [0.4, 0.5) is 0 Å². The number of rotatable bonds is 12. The Hall–Kier alpha value is -3.09. The van der Waals surface area contributed by atoms with Gasteiger partial charge in [-0.3, -0.25) is 4.79 Å². The Morgan fingerprint density at radius 1 is 1.15 bits per heavy atom. The van der Waals surface area contributed by atoms with Crippen LogP contribution in [0.15, 0.2) is 54.7 Å². The highest BCUT2D eigenvalue weighted by Gasteiger charge is 2.13. The lowest BCUT2D eigenvalue weighted by molar-refractivity contribution is 0.104. The molecule has 6 nitrogen and oxygen atoms in total. The second-order valence-electron chi connectivity index (χ2n) is 8.29. The van der Waals surface area contributed by atoms with E-state index in [1.54, 1.807) is 38.5 Å². The van der Waals surface area contributed by atoms with Crippen molar-refractivity contribution in [2.75, 3.05) is 34.4 Å². The highest BCUT2D eigenvalue weighted by Crippen LogP contribution is 2.28. The molecule has 3 aromatic rings. The summed E-state index contributed by atoms with van der Waals surface area (Å²) < 4.78 is 12.6. The fraction of sp³-hybridized carbons (Fsp3) is 0.370. The number of ether oxygens (including phenoxy) is 2. The number of hydrogen-bond acceptors (Lipinski definition) is 5. The van der Waals surface area contributed by atoms with Crippen LogP contribution in [0, 0.1) is 0 Å². The normalized spacial score (nSPS) is 12.5.